The van der Waals surface area contributed by atoms with Gasteiger partial charge in [-0.3, -0.25) is 4.98 Å². The Hall–Kier alpha value is -2.34. The Morgan fingerprint density at radius 2 is 2.10 bits per heavy atom. The number of aromatic nitrogens is 3. The van der Waals surface area contributed by atoms with E-state index in [9.17, 15) is 9.90 Å². The van der Waals surface area contributed by atoms with Gasteiger partial charge in [0.15, 0.2) is 5.69 Å². The lowest BCUT2D eigenvalue weighted by atomic mass is 10.0. The largest absolute Gasteiger partial charge is 0.476 e. The first-order valence-corrected chi connectivity index (χ1v) is 6.45. The second kappa shape index (κ2) is 5.34. The van der Waals surface area contributed by atoms with Crippen LogP contribution in [-0.4, -0.2) is 32.6 Å². The van der Waals surface area contributed by atoms with Gasteiger partial charge in [0, 0.05) is 43.9 Å². The van der Waals surface area contributed by atoms with Crippen LogP contribution >= 0.6 is 0 Å². The molecule has 2 aromatic rings. The van der Waals surface area contributed by atoms with Gasteiger partial charge in [0.25, 0.3) is 0 Å². The zero-order valence-corrected chi connectivity index (χ0v) is 10.8. The van der Waals surface area contributed by atoms with Crippen LogP contribution in [0.15, 0.2) is 24.5 Å². The average Bonchev–Trinajstić information content (AvgIpc) is 2.47. The van der Waals surface area contributed by atoms with Crippen LogP contribution in [0.3, 0.4) is 0 Å². The number of carboxylic acid groups (broad SMARTS) is 1. The van der Waals surface area contributed by atoms with E-state index in [1.165, 1.54) is 0 Å². The highest BCUT2D eigenvalue weighted by Crippen LogP contribution is 2.17. The van der Waals surface area contributed by atoms with Crippen LogP contribution in [0.5, 0.6) is 0 Å². The molecule has 3 heterocycles. The maximum absolute atomic E-state index is 11.3. The number of hydrogen-bond acceptors (Lipinski definition) is 5. The van der Waals surface area contributed by atoms with Crippen molar-refractivity contribution in [3.63, 3.8) is 0 Å². The van der Waals surface area contributed by atoms with Crippen molar-refractivity contribution in [2.45, 2.75) is 19.4 Å². The maximum atomic E-state index is 11.3. The quantitative estimate of drug-likeness (QED) is 0.858. The van der Waals surface area contributed by atoms with Gasteiger partial charge < -0.3 is 10.4 Å². The van der Waals surface area contributed by atoms with E-state index in [2.05, 4.69) is 20.3 Å². The predicted octanol–water partition coefficient (Wildman–Crippen LogP) is 0.806. The van der Waals surface area contributed by atoms with E-state index >= 15 is 0 Å². The number of hydrogen-bond donors (Lipinski definition) is 2. The Labute approximate surface area is 115 Å². The maximum Gasteiger partial charge on any atom is 0.354 e. The Morgan fingerprint density at radius 3 is 2.85 bits per heavy atom. The number of nitrogens with one attached hydrogen (secondary N) is 1. The minimum atomic E-state index is -0.997. The van der Waals surface area contributed by atoms with Crippen LogP contribution in [-0.2, 0) is 19.4 Å². The summed E-state index contributed by atoms with van der Waals surface area (Å²) >= 11 is 0. The summed E-state index contributed by atoms with van der Waals surface area (Å²) in [6, 6.07) is 3.76. The summed E-state index contributed by atoms with van der Waals surface area (Å²) in [6.45, 7) is 1.34. The third-order valence-electron chi connectivity index (χ3n) is 3.29. The van der Waals surface area contributed by atoms with Gasteiger partial charge in [-0.25, -0.2) is 14.8 Å². The molecule has 0 saturated carbocycles. The fraction of sp³-hybridized carbons (Fsp3) is 0.286. The smallest absolute Gasteiger partial charge is 0.354 e. The second-order valence-electron chi connectivity index (χ2n) is 4.68. The van der Waals surface area contributed by atoms with Crippen LogP contribution in [0, 0.1) is 0 Å². The highest BCUT2D eigenvalue weighted by Gasteiger charge is 2.21. The third-order valence-corrected chi connectivity index (χ3v) is 3.29. The molecule has 0 radical (unpaired) electrons. The summed E-state index contributed by atoms with van der Waals surface area (Å²) < 4.78 is 0. The number of carbonyl (C=O) groups is 1. The van der Waals surface area contributed by atoms with E-state index in [0.717, 1.165) is 24.2 Å². The van der Waals surface area contributed by atoms with Crippen molar-refractivity contribution in [1.29, 1.82) is 0 Å². The van der Waals surface area contributed by atoms with Crippen molar-refractivity contribution >= 4 is 5.97 Å². The lowest BCUT2D eigenvalue weighted by Crippen LogP contribution is -2.28. The molecule has 0 bridgehead atoms. The van der Waals surface area contributed by atoms with Crippen LogP contribution in [0.2, 0.25) is 0 Å². The molecule has 0 amide bonds. The molecular formula is C14H14N4O2. The van der Waals surface area contributed by atoms with Gasteiger partial charge in [-0.2, -0.15) is 0 Å². The molecular weight excluding hydrogens is 256 g/mol. The highest BCUT2D eigenvalue weighted by atomic mass is 16.4. The van der Waals surface area contributed by atoms with Gasteiger partial charge in [0.2, 0.25) is 0 Å². The summed E-state index contributed by atoms with van der Waals surface area (Å²) in [6.07, 6.45) is 4.66. The van der Waals surface area contributed by atoms with Crippen molar-refractivity contribution < 1.29 is 9.90 Å². The number of pyridine rings is 1. The normalized spacial score (nSPS) is 13.8. The van der Waals surface area contributed by atoms with E-state index in [4.69, 9.17) is 0 Å². The highest BCUT2D eigenvalue weighted by molar-refractivity contribution is 5.87. The van der Waals surface area contributed by atoms with E-state index in [1.807, 2.05) is 12.1 Å². The molecule has 6 heteroatoms. The summed E-state index contributed by atoms with van der Waals surface area (Å²) in [4.78, 5) is 24.0. The van der Waals surface area contributed by atoms with Crippen LogP contribution < -0.4 is 5.32 Å². The Bertz CT molecular complexity index is 643. The average molecular weight is 270 g/mol. The molecule has 0 atom stereocenters. The van der Waals surface area contributed by atoms with Crippen molar-refractivity contribution in [2.75, 3.05) is 6.54 Å². The van der Waals surface area contributed by atoms with E-state index in [-0.39, 0.29) is 5.69 Å². The summed E-state index contributed by atoms with van der Waals surface area (Å²) in [5.74, 6) is -0.447. The minimum absolute atomic E-state index is 0.117. The Kier molecular flexibility index (Phi) is 3.39. The van der Waals surface area contributed by atoms with E-state index < -0.39 is 5.97 Å². The number of rotatable bonds is 3. The molecule has 0 aromatic carbocycles. The zero-order chi connectivity index (χ0) is 13.9. The standard InChI is InChI=1S/C14H14N4O2/c19-14(20)13-10-8-16-6-3-11(10)17-12(18-13)7-9-1-4-15-5-2-9/h1-2,4-5,16H,3,6-8H2,(H,19,20). The number of nitrogens with zero attached hydrogens (tertiary/aromatic N) is 3. The molecule has 102 valence electrons. The van der Waals surface area contributed by atoms with Crippen LogP contribution in [0.1, 0.15) is 33.1 Å². The van der Waals surface area contributed by atoms with Gasteiger partial charge in [-0.1, -0.05) is 0 Å². The molecule has 1 aliphatic rings. The first kappa shape index (κ1) is 12.7. The molecule has 2 aromatic heterocycles. The van der Waals surface area contributed by atoms with Crippen molar-refractivity contribution in [3.8, 4) is 0 Å². The van der Waals surface area contributed by atoms with Gasteiger partial charge in [-0.15, -0.1) is 0 Å². The van der Waals surface area contributed by atoms with Crippen LogP contribution in [0.4, 0.5) is 0 Å². The Morgan fingerprint density at radius 1 is 1.30 bits per heavy atom. The molecule has 6 nitrogen and oxygen atoms in total. The van der Waals surface area contributed by atoms with E-state index in [0.29, 0.717) is 24.4 Å². The van der Waals surface area contributed by atoms with Crippen molar-refractivity contribution in [1.82, 2.24) is 20.3 Å². The third kappa shape index (κ3) is 2.50. The minimum Gasteiger partial charge on any atom is -0.476 e. The first-order chi connectivity index (χ1) is 9.74. The number of fused-ring (bicyclic) bond motifs is 1. The lowest BCUT2D eigenvalue weighted by Gasteiger charge is -2.18. The van der Waals surface area contributed by atoms with Gasteiger partial charge in [0.05, 0.1) is 5.69 Å². The molecule has 2 N–H and O–H groups in total. The topological polar surface area (TPSA) is 88.0 Å². The molecule has 0 unspecified atom stereocenters. The summed E-state index contributed by atoms with van der Waals surface area (Å²) in [5, 5.41) is 12.5. The Balaban J connectivity index is 2.00. The number of carboxylic acids is 1. The summed E-state index contributed by atoms with van der Waals surface area (Å²) in [5.41, 5.74) is 2.69. The van der Waals surface area contributed by atoms with Gasteiger partial charge >= 0.3 is 5.97 Å². The van der Waals surface area contributed by atoms with E-state index in [1.54, 1.807) is 12.4 Å². The molecule has 0 spiro atoms. The van der Waals surface area contributed by atoms with Crippen LogP contribution in [0.25, 0.3) is 0 Å². The summed E-state index contributed by atoms with van der Waals surface area (Å²) in [7, 11) is 0. The monoisotopic (exact) mass is 270 g/mol. The van der Waals surface area contributed by atoms with Gasteiger partial charge in [-0.05, 0) is 17.7 Å². The molecule has 3 rings (SSSR count). The van der Waals surface area contributed by atoms with Crippen molar-refractivity contribution in [3.05, 3.63) is 52.9 Å². The first-order valence-electron chi connectivity index (χ1n) is 6.45. The fourth-order valence-corrected chi connectivity index (χ4v) is 2.33. The molecule has 0 saturated heterocycles. The second-order valence-corrected chi connectivity index (χ2v) is 4.68. The molecule has 0 aliphatic carbocycles. The lowest BCUT2D eigenvalue weighted by molar-refractivity contribution is 0.0688. The van der Waals surface area contributed by atoms with Crippen molar-refractivity contribution in [2.24, 2.45) is 0 Å². The predicted molar refractivity (Wildman–Crippen MR) is 71.4 cm³/mol. The molecule has 1 aliphatic heterocycles. The van der Waals surface area contributed by atoms with Gasteiger partial charge in [0.1, 0.15) is 5.82 Å². The fourth-order valence-electron chi connectivity index (χ4n) is 2.33. The molecule has 20 heavy (non-hydrogen) atoms. The number of aromatic carboxylic acids is 1. The SMILES string of the molecule is O=C(O)c1nc(Cc2ccncc2)nc2c1CNCC2. The molecule has 0 fully saturated rings. The zero-order valence-electron chi connectivity index (χ0n) is 10.8.